The van der Waals surface area contributed by atoms with E-state index in [1.165, 1.54) is 14.2 Å². The van der Waals surface area contributed by atoms with Crippen molar-refractivity contribution in [3.05, 3.63) is 47.5 Å². The van der Waals surface area contributed by atoms with Gasteiger partial charge in [-0.1, -0.05) is 0 Å². The largest absolute Gasteiger partial charge is 0.576 e. The molecule has 0 bridgehead atoms. The third-order valence-electron chi connectivity index (χ3n) is 5.85. The molecule has 186 valence electrons. The Kier molecular flexibility index (Phi) is 8.33. The van der Waals surface area contributed by atoms with Crippen LogP contribution in [0.1, 0.15) is 20.7 Å². The molecule has 0 saturated carbocycles. The van der Waals surface area contributed by atoms with Crippen molar-refractivity contribution >= 4 is 19.5 Å². The average Bonchev–Trinajstić information content (AvgIpc) is 2.93. The molecule has 0 aliphatic carbocycles. The topological polar surface area (TPSA) is 96.0 Å². The number of amides is 2. The lowest BCUT2D eigenvalue weighted by Gasteiger charge is -2.27. The number of hydrogen-bond acceptors (Lipinski definition) is 8. The first-order valence-electron chi connectivity index (χ1n) is 11.5. The van der Waals surface area contributed by atoms with Gasteiger partial charge in [0.05, 0.1) is 40.6 Å². The van der Waals surface area contributed by atoms with Gasteiger partial charge in [0.1, 0.15) is 11.5 Å². The van der Waals surface area contributed by atoms with E-state index < -0.39 is 0 Å². The molecule has 2 fully saturated rings. The monoisotopic (exact) mass is 484 g/mol. The molecule has 2 aliphatic heterocycles. The van der Waals surface area contributed by atoms with Gasteiger partial charge >= 0.3 is 7.69 Å². The van der Waals surface area contributed by atoms with Gasteiger partial charge in [0.15, 0.2) is 11.5 Å². The van der Waals surface area contributed by atoms with E-state index in [-0.39, 0.29) is 19.5 Å². The zero-order valence-corrected chi connectivity index (χ0v) is 20.0. The van der Waals surface area contributed by atoms with Crippen molar-refractivity contribution < 1.29 is 37.8 Å². The van der Waals surface area contributed by atoms with Crippen LogP contribution in [-0.2, 0) is 9.47 Å². The number of carbonyl (C=O) groups excluding carboxylic acids is 2. The van der Waals surface area contributed by atoms with Crippen LogP contribution in [0.2, 0.25) is 0 Å². The molecule has 2 aromatic rings. The molecular weight excluding hydrogens is 455 g/mol. The van der Waals surface area contributed by atoms with Crippen molar-refractivity contribution in [2.24, 2.45) is 0 Å². The Labute approximate surface area is 204 Å². The SMILES string of the molecule is COc1ccc(C(=O)N2CCOCC2)cc1OBOc1cc(C(=O)N2CCOCC2)ccc1OC. The molecule has 2 heterocycles. The van der Waals surface area contributed by atoms with E-state index in [2.05, 4.69) is 0 Å². The molecule has 0 unspecified atom stereocenters. The summed E-state index contributed by atoms with van der Waals surface area (Å²) < 4.78 is 33.0. The average molecular weight is 484 g/mol. The van der Waals surface area contributed by atoms with Crippen molar-refractivity contribution in [1.29, 1.82) is 0 Å². The molecule has 2 amide bonds. The first-order chi connectivity index (χ1) is 17.1. The van der Waals surface area contributed by atoms with Gasteiger partial charge in [-0.05, 0) is 36.4 Å². The first kappa shape index (κ1) is 24.7. The van der Waals surface area contributed by atoms with E-state index >= 15 is 0 Å². The lowest BCUT2D eigenvalue weighted by Crippen LogP contribution is -2.40. The van der Waals surface area contributed by atoms with Crippen LogP contribution in [0.25, 0.3) is 0 Å². The minimum Gasteiger partial charge on any atom is -0.526 e. The summed E-state index contributed by atoms with van der Waals surface area (Å²) in [5.74, 6) is 1.47. The second-order valence-corrected chi connectivity index (χ2v) is 7.95. The number of hydrogen-bond donors (Lipinski definition) is 0. The Morgan fingerprint density at radius 2 is 1.09 bits per heavy atom. The first-order valence-corrected chi connectivity index (χ1v) is 11.5. The van der Waals surface area contributed by atoms with Crippen LogP contribution < -0.4 is 18.8 Å². The zero-order chi connectivity index (χ0) is 24.6. The third kappa shape index (κ3) is 5.98. The summed E-state index contributed by atoms with van der Waals surface area (Å²) in [6.07, 6.45) is 0. The van der Waals surface area contributed by atoms with Gasteiger partial charge < -0.3 is 38.1 Å². The van der Waals surface area contributed by atoms with Crippen LogP contribution in [-0.4, -0.2) is 96.1 Å². The molecular formula is C24H29BN2O8. The van der Waals surface area contributed by atoms with E-state index in [9.17, 15) is 9.59 Å². The van der Waals surface area contributed by atoms with Gasteiger partial charge in [0.25, 0.3) is 11.8 Å². The summed E-state index contributed by atoms with van der Waals surface area (Å²) in [7, 11) is 2.86. The fraction of sp³-hybridized carbons (Fsp3) is 0.417. The van der Waals surface area contributed by atoms with E-state index in [0.29, 0.717) is 86.7 Å². The molecule has 2 aliphatic rings. The molecule has 0 radical (unpaired) electrons. The van der Waals surface area contributed by atoms with E-state index in [1.807, 2.05) is 0 Å². The molecule has 11 heteroatoms. The summed E-state index contributed by atoms with van der Waals surface area (Å²) in [5, 5.41) is 0. The molecule has 10 nitrogen and oxygen atoms in total. The van der Waals surface area contributed by atoms with E-state index in [4.69, 9.17) is 28.3 Å². The lowest BCUT2D eigenvalue weighted by molar-refractivity contribution is 0.0301. The Morgan fingerprint density at radius 3 is 1.46 bits per heavy atom. The predicted octanol–water partition coefficient (Wildman–Crippen LogP) is 1.37. The molecule has 4 rings (SSSR count). The second-order valence-electron chi connectivity index (χ2n) is 7.95. The number of ether oxygens (including phenoxy) is 4. The van der Waals surface area contributed by atoms with Crippen LogP contribution in [0.3, 0.4) is 0 Å². The maximum absolute atomic E-state index is 12.8. The Hall–Kier alpha value is -3.44. The highest BCUT2D eigenvalue weighted by atomic mass is 16.6. The van der Waals surface area contributed by atoms with Gasteiger partial charge in [-0.25, -0.2) is 0 Å². The minimum absolute atomic E-state index is 0.0993. The molecule has 0 spiro atoms. The fourth-order valence-corrected chi connectivity index (χ4v) is 3.90. The highest BCUT2D eigenvalue weighted by Gasteiger charge is 2.22. The number of benzene rings is 2. The van der Waals surface area contributed by atoms with Gasteiger partial charge in [-0.3, -0.25) is 9.59 Å². The summed E-state index contributed by atoms with van der Waals surface area (Å²) in [5.41, 5.74) is 0.969. The Bertz CT molecular complexity index is 957. The molecule has 0 atom stereocenters. The smallest absolute Gasteiger partial charge is 0.526 e. The summed E-state index contributed by atoms with van der Waals surface area (Å²) >= 11 is 0. The Balaban J connectivity index is 1.44. The minimum atomic E-state index is -0.183. The third-order valence-corrected chi connectivity index (χ3v) is 5.85. The highest BCUT2D eigenvalue weighted by molar-refractivity contribution is 6.21. The van der Waals surface area contributed by atoms with Crippen LogP contribution in [0.5, 0.6) is 23.0 Å². The summed E-state index contributed by atoms with van der Waals surface area (Å²) in [4.78, 5) is 29.2. The standard InChI is InChI=1S/C24H29BN2O8/c1-30-19-5-3-17(23(28)26-7-11-32-12-8-26)15-21(19)34-25-35-22-16-18(4-6-20(22)31-2)24(29)27-9-13-33-14-10-27/h3-6,15-16,25H,7-14H2,1-2H3. The molecule has 35 heavy (non-hydrogen) atoms. The molecule has 2 saturated heterocycles. The van der Waals surface area contributed by atoms with Crippen LogP contribution >= 0.6 is 0 Å². The van der Waals surface area contributed by atoms with Crippen molar-refractivity contribution in [3.63, 3.8) is 0 Å². The van der Waals surface area contributed by atoms with Gasteiger partial charge in [-0.2, -0.15) is 0 Å². The number of nitrogens with zero attached hydrogens (tertiary/aromatic N) is 2. The predicted molar refractivity (Wildman–Crippen MR) is 128 cm³/mol. The highest BCUT2D eigenvalue weighted by Crippen LogP contribution is 2.31. The molecule has 0 aromatic heterocycles. The number of rotatable bonds is 8. The summed E-state index contributed by atoms with van der Waals surface area (Å²) in [6, 6.07) is 10.0. The fourth-order valence-electron chi connectivity index (χ4n) is 3.90. The zero-order valence-electron chi connectivity index (χ0n) is 20.0. The van der Waals surface area contributed by atoms with Crippen molar-refractivity contribution in [1.82, 2.24) is 9.80 Å². The van der Waals surface area contributed by atoms with Gasteiger partial charge in [0.2, 0.25) is 0 Å². The van der Waals surface area contributed by atoms with Crippen LogP contribution in [0.15, 0.2) is 36.4 Å². The van der Waals surface area contributed by atoms with E-state index in [0.717, 1.165) is 0 Å². The summed E-state index contributed by atoms with van der Waals surface area (Å²) in [6.45, 7) is 4.27. The van der Waals surface area contributed by atoms with Crippen LogP contribution in [0.4, 0.5) is 0 Å². The quantitative estimate of drug-likeness (QED) is 0.519. The maximum Gasteiger partial charge on any atom is 0.576 e. The van der Waals surface area contributed by atoms with Crippen molar-refractivity contribution in [2.75, 3.05) is 66.8 Å². The second kappa shape index (κ2) is 11.8. The van der Waals surface area contributed by atoms with Gasteiger partial charge in [0, 0.05) is 37.3 Å². The van der Waals surface area contributed by atoms with Crippen LogP contribution in [0, 0.1) is 0 Å². The van der Waals surface area contributed by atoms with Crippen molar-refractivity contribution in [3.8, 4) is 23.0 Å². The normalized spacial score (nSPS) is 15.8. The number of methoxy groups -OCH3 is 2. The Morgan fingerprint density at radius 1 is 0.686 bits per heavy atom. The number of carbonyl (C=O) groups is 2. The number of morpholine rings is 2. The van der Waals surface area contributed by atoms with E-state index in [1.54, 1.807) is 46.2 Å². The van der Waals surface area contributed by atoms with Crippen molar-refractivity contribution in [2.45, 2.75) is 0 Å². The maximum atomic E-state index is 12.8. The molecule has 0 N–H and O–H groups in total. The lowest BCUT2D eigenvalue weighted by atomic mass is 10.1. The van der Waals surface area contributed by atoms with Gasteiger partial charge in [-0.15, -0.1) is 0 Å². The molecule has 2 aromatic carbocycles.